The van der Waals surface area contributed by atoms with E-state index in [2.05, 4.69) is 9.97 Å². The number of fused-ring (bicyclic) bond motifs is 3. The fourth-order valence-corrected chi connectivity index (χ4v) is 7.43. The first-order valence-electron chi connectivity index (χ1n) is 9.21. The molecule has 2 atom stereocenters. The van der Waals surface area contributed by atoms with Gasteiger partial charge in [-0.2, -0.15) is 4.98 Å². The molecule has 0 amide bonds. The monoisotopic (exact) mass is 526 g/mol. The second-order valence-electron chi connectivity index (χ2n) is 7.15. The number of nitrogens with two attached hydrogens (primary N) is 2. The van der Waals surface area contributed by atoms with Gasteiger partial charge in [0.15, 0.2) is 0 Å². The lowest BCUT2D eigenvalue weighted by Crippen LogP contribution is -2.12. The van der Waals surface area contributed by atoms with Crippen LogP contribution in [0.3, 0.4) is 0 Å². The van der Waals surface area contributed by atoms with E-state index < -0.39 is 0 Å². The van der Waals surface area contributed by atoms with Gasteiger partial charge in [0.1, 0.15) is 10.6 Å². The second-order valence-corrected chi connectivity index (χ2v) is 11.1. The Morgan fingerprint density at radius 2 is 1.48 bits per heavy atom. The first-order chi connectivity index (χ1) is 14.8. The predicted molar refractivity (Wildman–Crippen MR) is 135 cm³/mol. The van der Waals surface area contributed by atoms with Crippen LogP contribution in [0.5, 0.6) is 0 Å². The smallest absolute Gasteiger partial charge is 0.223 e. The Kier molecular flexibility index (Phi) is 5.65. The molecule has 0 radical (unpaired) electrons. The maximum absolute atomic E-state index is 6.35. The van der Waals surface area contributed by atoms with Crippen LogP contribution < -0.4 is 11.5 Å². The first-order valence-corrected chi connectivity index (χ1v) is 12.5. The highest BCUT2D eigenvalue weighted by Gasteiger charge is 2.34. The van der Waals surface area contributed by atoms with Gasteiger partial charge in [0.2, 0.25) is 5.95 Å². The van der Waals surface area contributed by atoms with Crippen molar-refractivity contribution in [3.05, 3.63) is 78.1 Å². The summed E-state index contributed by atoms with van der Waals surface area (Å²) in [7, 11) is 0. The number of hydrogen-bond donors (Lipinski definition) is 2. The van der Waals surface area contributed by atoms with E-state index in [1.54, 1.807) is 11.3 Å². The summed E-state index contributed by atoms with van der Waals surface area (Å²) in [4.78, 5) is 10.6. The van der Waals surface area contributed by atoms with E-state index in [0.29, 0.717) is 25.9 Å². The van der Waals surface area contributed by atoms with Gasteiger partial charge < -0.3 is 11.5 Å². The molecule has 4 nitrogen and oxygen atoms in total. The van der Waals surface area contributed by atoms with E-state index in [1.807, 2.05) is 48.2 Å². The van der Waals surface area contributed by atoms with E-state index in [-0.39, 0.29) is 16.4 Å². The van der Waals surface area contributed by atoms with Crippen LogP contribution in [0, 0.1) is 0 Å². The highest BCUT2D eigenvalue weighted by Crippen LogP contribution is 2.56. The number of nitrogen functional groups attached to an aromatic ring is 2. The molecule has 4 aromatic rings. The second kappa shape index (κ2) is 8.18. The van der Waals surface area contributed by atoms with E-state index >= 15 is 0 Å². The van der Waals surface area contributed by atoms with Crippen molar-refractivity contribution < 1.29 is 0 Å². The molecule has 2 aromatic heterocycles. The predicted octanol–water partition coefficient (Wildman–Crippen LogP) is 7.59. The van der Waals surface area contributed by atoms with Gasteiger partial charge in [-0.25, -0.2) is 4.98 Å². The third kappa shape index (κ3) is 3.84. The van der Waals surface area contributed by atoms with Crippen molar-refractivity contribution in [1.29, 1.82) is 0 Å². The topological polar surface area (TPSA) is 77.8 Å². The lowest BCUT2D eigenvalue weighted by atomic mass is 9.98. The molecular formula is C21H14Cl4N4S2. The van der Waals surface area contributed by atoms with Crippen molar-refractivity contribution in [3.63, 3.8) is 0 Å². The summed E-state index contributed by atoms with van der Waals surface area (Å²) in [5.74, 6) is 0.566. The molecule has 31 heavy (non-hydrogen) atoms. The summed E-state index contributed by atoms with van der Waals surface area (Å²) in [6.45, 7) is 0. The SMILES string of the molecule is Nc1nc(N)c2c3c(sc2n1)C(c1ccc(Cl)c(Cl)c1)SC(c1ccc(Cl)c(Cl)c1)C3. The number of thiophene rings is 1. The van der Waals surface area contributed by atoms with Crippen molar-refractivity contribution >= 4 is 91.5 Å². The Bertz CT molecular complexity index is 1340. The Balaban J connectivity index is 1.71. The highest BCUT2D eigenvalue weighted by molar-refractivity contribution is 8.00. The number of aromatic nitrogens is 2. The third-order valence-corrected chi connectivity index (χ3v) is 9.58. The molecule has 0 fully saturated rings. The van der Waals surface area contributed by atoms with E-state index in [4.69, 9.17) is 57.9 Å². The molecule has 2 aromatic carbocycles. The van der Waals surface area contributed by atoms with Gasteiger partial charge in [-0.1, -0.05) is 58.5 Å². The highest BCUT2D eigenvalue weighted by atomic mass is 35.5. The van der Waals surface area contributed by atoms with Crippen molar-refractivity contribution in [2.45, 2.75) is 16.9 Å². The summed E-state index contributed by atoms with van der Waals surface area (Å²) in [6, 6.07) is 11.5. The zero-order chi connectivity index (χ0) is 21.9. The van der Waals surface area contributed by atoms with Crippen LogP contribution in [0.4, 0.5) is 11.8 Å². The van der Waals surface area contributed by atoms with Crippen LogP contribution in [0.15, 0.2) is 36.4 Å². The maximum atomic E-state index is 6.35. The number of hydrogen-bond acceptors (Lipinski definition) is 6. The number of halogens is 4. The molecule has 3 heterocycles. The molecule has 0 saturated carbocycles. The molecule has 1 aliphatic heterocycles. The minimum atomic E-state index is 0.0118. The van der Waals surface area contributed by atoms with E-state index in [9.17, 15) is 0 Å². The summed E-state index contributed by atoms with van der Waals surface area (Å²) in [5.41, 5.74) is 15.4. The van der Waals surface area contributed by atoms with Crippen LogP contribution in [0.25, 0.3) is 10.2 Å². The zero-order valence-corrected chi connectivity index (χ0v) is 20.4. The number of anilines is 2. The third-order valence-electron chi connectivity index (χ3n) is 5.22. The molecule has 5 rings (SSSR count). The molecular weight excluding hydrogens is 514 g/mol. The summed E-state index contributed by atoms with van der Waals surface area (Å²) >= 11 is 28.4. The van der Waals surface area contributed by atoms with E-state index in [1.165, 1.54) is 4.88 Å². The lowest BCUT2D eigenvalue weighted by Gasteiger charge is -2.30. The Labute approximate surface area is 206 Å². The van der Waals surface area contributed by atoms with Gasteiger partial charge in [-0.15, -0.1) is 23.1 Å². The fraction of sp³-hybridized carbons (Fsp3) is 0.143. The van der Waals surface area contributed by atoms with Crippen LogP contribution in [0.2, 0.25) is 20.1 Å². The maximum Gasteiger partial charge on any atom is 0.223 e. The minimum absolute atomic E-state index is 0.0118. The minimum Gasteiger partial charge on any atom is -0.383 e. The standard InChI is InChI=1S/C21H14Cl4N4S2/c22-11-3-1-8(5-13(11)24)15-7-10-16-19(26)28-21(27)29-20(16)31-18(10)17(30-15)9-2-4-12(23)14(25)6-9/h1-6,15,17H,7H2,(H4,26,27,28,29). The first kappa shape index (κ1) is 21.4. The van der Waals surface area contributed by atoms with Crippen LogP contribution in [-0.4, -0.2) is 9.97 Å². The van der Waals surface area contributed by atoms with Crippen LogP contribution >= 0.6 is 69.5 Å². The van der Waals surface area contributed by atoms with Gasteiger partial charge in [0, 0.05) is 10.1 Å². The van der Waals surface area contributed by atoms with Crippen LogP contribution in [-0.2, 0) is 6.42 Å². The van der Waals surface area contributed by atoms with Gasteiger partial charge in [0.05, 0.1) is 30.7 Å². The van der Waals surface area contributed by atoms with Crippen LogP contribution in [0.1, 0.15) is 32.1 Å². The zero-order valence-electron chi connectivity index (χ0n) is 15.7. The van der Waals surface area contributed by atoms with Gasteiger partial charge in [0.25, 0.3) is 0 Å². The molecule has 1 aliphatic rings. The average Bonchev–Trinajstić information content (AvgIpc) is 3.09. The Hall–Kier alpha value is -1.41. The fourth-order valence-electron chi connectivity index (χ4n) is 3.81. The van der Waals surface area contributed by atoms with E-state index in [0.717, 1.165) is 33.3 Å². The lowest BCUT2D eigenvalue weighted by molar-refractivity contribution is 0.895. The Morgan fingerprint density at radius 1 is 0.839 bits per heavy atom. The van der Waals surface area contributed by atoms with Crippen molar-refractivity contribution in [3.8, 4) is 0 Å². The molecule has 158 valence electrons. The van der Waals surface area contributed by atoms with Crippen molar-refractivity contribution in [2.75, 3.05) is 11.5 Å². The molecule has 0 spiro atoms. The molecule has 0 bridgehead atoms. The molecule has 4 N–H and O–H groups in total. The number of nitrogens with zero attached hydrogens (tertiary/aromatic N) is 2. The van der Waals surface area contributed by atoms with Gasteiger partial charge >= 0.3 is 0 Å². The quantitative estimate of drug-likeness (QED) is 0.280. The summed E-state index contributed by atoms with van der Waals surface area (Å²) in [5, 5.41) is 3.10. The largest absolute Gasteiger partial charge is 0.383 e. The van der Waals surface area contributed by atoms with Crippen molar-refractivity contribution in [2.24, 2.45) is 0 Å². The summed E-state index contributed by atoms with van der Waals surface area (Å²) < 4.78 is 0. The number of rotatable bonds is 2. The number of thioether (sulfide) groups is 1. The summed E-state index contributed by atoms with van der Waals surface area (Å²) in [6.07, 6.45) is 0.757. The Morgan fingerprint density at radius 3 is 2.16 bits per heavy atom. The normalized spacial score (nSPS) is 18.3. The average molecular weight is 528 g/mol. The van der Waals surface area contributed by atoms with Gasteiger partial charge in [-0.3, -0.25) is 0 Å². The molecule has 2 unspecified atom stereocenters. The molecule has 10 heteroatoms. The van der Waals surface area contributed by atoms with Gasteiger partial charge in [-0.05, 0) is 47.4 Å². The van der Waals surface area contributed by atoms with Crippen molar-refractivity contribution in [1.82, 2.24) is 9.97 Å². The molecule has 0 aliphatic carbocycles. The molecule has 0 saturated heterocycles. The number of benzene rings is 2.